The molecule has 0 aliphatic heterocycles. The maximum absolute atomic E-state index is 12.5. The van der Waals surface area contributed by atoms with Crippen LogP contribution in [0.1, 0.15) is 76.3 Å². The second-order valence-corrected chi connectivity index (χ2v) is 7.26. The molecule has 1 aliphatic rings. The van der Waals surface area contributed by atoms with Crippen molar-refractivity contribution in [3.05, 3.63) is 35.4 Å². The van der Waals surface area contributed by atoms with Crippen LogP contribution >= 0.6 is 0 Å². The van der Waals surface area contributed by atoms with Crippen molar-refractivity contribution < 1.29 is 4.79 Å². The summed E-state index contributed by atoms with van der Waals surface area (Å²) in [6, 6.07) is 8.97. The van der Waals surface area contributed by atoms with Crippen molar-refractivity contribution in [1.29, 1.82) is 0 Å². The van der Waals surface area contributed by atoms with Gasteiger partial charge in [-0.2, -0.15) is 0 Å². The molecule has 2 rings (SSSR count). The van der Waals surface area contributed by atoms with Crippen LogP contribution in [0.3, 0.4) is 0 Å². The van der Waals surface area contributed by atoms with Gasteiger partial charge in [-0.3, -0.25) is 4.79 Å². The van der Waals surface area contributed by atoms with Crippen LogP contribution in [-0.4, -0.2) is 11.9 Å². The van der Waals surface area contributed by atoms with Crippen LogP contribution in [0, 0.1) is 5.92 Å². The lowest BCUT2D eigenvalue weighted by molar-refractivity contribution is -0.123. The highest BCUT2D eigenvalue weighted by Crippen LogP contribution is 2.21. The van der Waals surface area contributed by atoms with Gasteiger partial charge in [-0.15, -0.1) is 0 Å². The quantitative estimate of drug-likeness (QED) is 0.776. The Bertz CT molecular complexity index is 455. The molecule has 2 nitrogen and oxygen atoms in total. The van der Waals surface area contributed by atoms with E-state index < -0.39 is 0 Å². The molecule has 1 fully saturated rings. The number of hydrogen-bond acceptors (Lipinski definition) is 1. The lowest BCUT2D eigenvalue weighted by Gasteiger charge is -2.20. The Morgan fingerprint density at radius 1 is 1.05 bits per heavy atom. The Balaban J connectivity index is 1.91. The first-order valence-corrected chi connectivity index (χ1v) is 8.95. The van der Waals surface area contributed by atoms with E-state index in [0.29, 0.717) is 12.0 Å². The summed E-state index contributed by atoms with van der Waals surface area (Å²) in [5.74, 6) is 0.793. The Morgan fingerprint density at radius 2 is 1.64 bits per heavy atom. The van der Waals surface area contributed by atoms with E-state index in [1.165, 1.54) is 31.2 Å². The minimum atomic E-state index is -0.0589. The summed E-state index contributed by atoms with van der Waals surface area (Å²) in [6.45, 7) is 6.48. The van der Waals surface area contributed by atoms with Gasteiger partial charge >= 0.3 is 0 Å². The molecule has 1 aliphatic carbocycles. The van der Waals surface area contributed by atoms with Crippen LogP contribution in [0.2, 0.25) is 0 Å². The van der Waals surface area contributed by atoms with Gasteiger partial charge in [-0.25, -0.2) is 0 Å². The lowest BCUT2D eigenvalue weighted by atomic mass is 9.96. The molecule has 1 aromatic rings. The summed E-state index contributed by atoms with van der Waals surface area (Å²) in [5, 5.41) is 3.26. The minimum absolute atomic E-state index is 0.0589. The van der Waals surface area contributed by atoms with Gasteiger partial charge in [-0.1, -0.05) is 63.8 Å². The summed E-state index contributed by atoms with van der Waals surface area (Å²) >= 11 is 0. The molecule has 0 spiro atoms. The summed E-state index contributed by atoms with van der Waals surface area (Å²) in [5.41, 5.74) is 2.48. The third-order valence-electron chi connectivity index (χ3n) is 4.72. The van der Waals surface area contributed by atoms with Crippen LogP contribution in [0.25, 0.3) is 0 Å². The molecule has 0 bridgehead atoms. The van der Waals surface area contributed by atoms with Gasteiger partial charge in [-0.05, 0) is 43.2 Å². The molecule has 1 atom stereocenters. The number of carbonyl (C=O) groups is 1. The fourth-order valence-electron chi connectivity index (χ4n) is 3.32. The normalized spacial score (nSPS) is 18.0. The number of amides is 1. The summed E-state index contributed by atoms with van der Waals surface area (Å²) in [4.78, 5) is 12.5. The zero-order valence-corrected chi connectivity index (χ0v) is 14.4. The molecule has 122 valence electrons. The van der Waals surface area contributed by atoms with E-state index in [1.807, 2.05) is 6.92 Å². The van der Waals surface area contributed by atoms with Crippen molar-refractivity contribution in [2.45, 2.75) is 77.7 Å². The number of rotatable bonds is 5. The number of hydrogen-bond donors (Lipinski definition) is 1. The summed E-state index contributed by atoms with van der Waals surface area (Å²) in [7, 11) is 0. The van der Waals surface area contributed by atoms with E-state index >= 15 is 0 Å². The highest BCUT2D eigenvalue weighted by molar-refractivity contribution is 5.83. The largest absolute Gasteiger partial charge is 0.353 e. The van der Waals surface area contributed by atoms with Crippen molar-refractivity contribution in [2.24, 2.45) is 5.92 Å². The van der Waals surface area contributed by atoms with Gasteiger partial charge in [0.2, 0.25) is 5.91 Å². The predicted molar refractivity (Wildman–Crippen MR) is 93.0 cm³/mol. The zero-order valence-electron chi connectivity index (χ0n) is 14.4. The Hall–Kier alpha value is -1.31. The SMILES string of the molecule is CC(C)Cc1ccc(C(C)C(=O)NC2CCCCCC2)cc1. The predicted octanol–water partition coefficient (Wildman–Crippen LogP) is 4.83. The van der Waals surface area contributed by atoms with Gasteiger partial charge in [0.05, 0.1) is 5.92 Å². The molecule has 1 unspecified atom stereocenters. The van der Waals surface area contributed by atoms with Gasteiger partial charge in [0.15, 0.2) is 0 Å². The van der Waals surface area contributed by atoms with Crippen LogP contribution in [0.15, 0.2) is 24.3 Å². The third kappa shape index (κ3) is 5.15. The Kier molecular flexibility index (Phi) is 6.48. The summed E-state index contributed by atoms with van der Waals surface area (Å²) in [6.07, 6.45) is 8.53. The average Bonchev–Trinajstić information content (AvgIpc) is 2.75. The molecule has 0 aromatic heterocycles. The lowest BCUT2D eigenvalue weighted by Crippen LogP contribution is -2.37. The number of nitrogens with one attached hydrogen (secondary N) is 1. The first-order chi connectivity index (χ1) is 10.6. The Morgan fingerprint density at radius 3 is 2.18 bits per heavy atom. The first kappa shape index (κ1) is 17.1. The van der Waals surface area contributed by atoms with E-state index in [9.17, 15) is 4.79 Å². The van der Waals surface area contributed by atoms with E-state index in [0.717, 1.165) is 24.8 Å². The molecule has 0 radical (unpaired) electrons. The van der Waals surface area contributed by atoms with Crippen molar-refractivity contribution in [3.63, 3.8) is 0 Å². The first-order valence-electron chi connectivity index (χ1n) is 8.95. The standard InChI is InChI=1S/C20H31NO/c1-15(2)14-17-10-12-18(13-11-17)16(3)20(22)21-19-8-6-4-5-7-9-19/h10-13,15-16,19H,4-9,14H2,1-3H3,(H,21,22). The van der Waals surface area contributed by atoms with E-state index in [4.69, 9.17) is 0 Å². The van der Waals surface area contributed by atoms with Crippen LogP contribution in [-0.2, 0) is 11.2 Å². The molecule has 1 saturated carbocycles. The molecule has 1 aromatic carbocycles. The molecular formula is C20H31NO. The van der Waals surface area contributed by atoms with Crippen LogP contribution < -0.4 is 5.32 Å². The van der Waals surface area contributed by atoms with Gasteiger partial charge in [0.25, 0.3) is 0 Å². The highest BCUT2D eigenvalue weighted by atomic mass is 16.1. The molecule has 1 amide bonds. The monoisotopic (exact) mass is 301 g/mol. The molecule has 2 heteroatoms. The smallest absolute Gasteiger partial charge is 0.227 e. The van der Waals surface area contributed by atoms with Gasteiger partial charge in [0.1, 0.15) is 0 Å². The molecular weight excluding hydrogens is 270 g/mol. The summed E-state index contributed by atoms with van der Waals surface area (Å²) < 4.78 is 0. The number of carbonyl (C=O) groups excluding carboxylic acids is 1. The number of benzene rings is 1. The third-order valence-corrected chi connectivity index (χ3v) is 4.72. The van der Waals surface area contributed by atoms with Crippen molar-refractivity contribution in [1.82, 2.24) is 5.32 Å². The van der Waals surface area contributed by atoms with E-state index in [-0.39, 0.29) is 11.8 Å². The fourth-order valence-corrected chi connectivity index (χ4v) is 3.32. The fraction of sp³-hybridized carbons (Fsp3) is 0.650. The molecule has 0 saturated heterocycles. The maximum Gasteiger partial charge on any atom is 0.227 e. The maximum atomic E-state index is 12.5. The van der Waals surface area contributed by atoms with Gasteiger partial charge in [0, 0.05) is 6.04 Å². The zero-order chi connectivity index (χ0) is 15.9. The second kappa shape index (κ2) is 8.36. The van der Waals surface area contributed by atoms with E-state index in [1.54, 1.807) is 0 Å². The average molecular weight is 301 g/mol. The highest BCUT2D eigenvalue weighted by Gasteiger charge is 2.20. The topological polar surface area (TPSA) is 29.1 Å². The van der Waals surface area contributed by atoms with Crippen LogP contribution in [0.4, 0.5) is 0 Å². The van der Waals surface area contributed by atoms with Gasteiger partial charge < -0.3 is 5.32 Å². The van der Waals surface area contributed by atoms with Crippen molar-refractivity contribution in [3.8, 4) is 0 Å². The van der Waals surface area contributed by atoms with E-state index in [2.05, 4.69) is 43.4 Å². The van der Waals surface area contributed by atoms with Crippen molar-refractivity contribution >= 4 is 5.91 Å². The molecule has 0 heterocycles. The molecule has 1 N–H and O–H groups in total. The second-order valence-electron chi connectivity index (χ2n) is 7.26. The van der Waals surface area contributed by atoms with Crippen molar-refractivity contribution in [2.75, 3.05) is 0 Å². The minimum Gasteiger partial charge on any atom is -0.353 e. The van der Waals surface area contributed by atoms with Crippen LogP contribution in [0.5, 0.6) is 0 Å². The Labute approximate surface area is 135 Å². The molecule has 22 heavy (non-hydrogen) atoms.